The Morgan fingerprint density at radius 2 is 1.34 bits per heavy atom. The number of imide groups is 2. The Bertz CT molecular complexity index is 1880. The summed E-state index contributed by atoms with van der Waals surface area (Å²) in [6.45, 7) is 2.39. The monoisotopic (exact) mass is 694 g/mol. The summed E-state index contributed by atoms with van der Waals surface area (Å²) in [5.74, 6) is -0.414. The van der Waals surface area contributed by atoms with E-state index in [0.29, 0.717) is 35.0 Å². The number of carbonyl (C=O) groups excluding carboxylic acids is 3. The molecule has 8 heteroatoms. The second-order valence-corrected chi connectivity index (χ2v) is 11.4. The van der Waals surface area contributed by atoms with Crippen LogP contribution in [0.5, 0.6) is 11.5 Å². The molecule has 1 aliphatic heterocycles. The van der Waals surface area contributed by atoms with E-state index in [4.69, 9.17) is 9.47 Å². The SMILES string of the molecule is COc1cc(C=C2C(=O)N(c3ccccc3)C(=O)N(c3ccccc3)C2=O)cc(I)c1OCc1c(C)ccc2ccccc12. The van der Waals surface area contributed by atoms with E-state index in [1.54, 1.807) is 73.8 Å². The Morgan fingerprint density at radius 3 is 1.95 bits per heavy atom. The normalized spacial score (nSPS) is 13.4. The number of barbiturate groups is 1. The van der Waals surface area contributed by atoms with Crippen LogP contribution in [0, 0.1) is 10.5 Å². The molecule has 0 saturated carbocycles. The predicted molar refractivity (Wildman–Crippen MR) is 180 cm³/mol. The van der Waals surface area contributed by atoms with Gasteiger partial charge in [0.25, 0.3) is 11.8 Å². The largest absolute Gasteiger partial charge is 0.493 e. The molecule has 0 bridgehead atoms. The minimum absolute atomic E-state index is 0.157. The smallest absolute Gasteiger partial charge is 0.343 e. The van der Waals surface area contributed by atoms with Gasteiger partial charge in [0.15, 0.2) is 11.5 Å². The quantitative estimate of drug-likeness (QED) is 0.0984. The number of anilines is 2. The number of amides is 4. The van der Waals surface area contributed by atoms with Crippen molar-refractivity contribution in [2.75, 3.05) is 16.9 Å². The molecule has 0 spiro atoms. The van der Waals surface area contributed by atoms with Gasteiger partial charge in [-0.1, -0.05) is 72.8 Å². The van der Waals surface area contributed by atoms with Gasteiger partial charge in [0.2, 0.25) is 0 Å². The number of para-hydroxylation sites is 2. The van der Waals surface area contributed by atoms with Crippen LogP contribution < -0.4 is 19.3 Å². The number of hydrogen-bond acceptors (Lipinski definition) is 5. The van der Waals surface area contributed by atoms with Gasteiger partial charge in [0.1, 0.15) is 12.2 Å². The standard InChI is InChI=1S/C36H27IN2O5/c1-23-17-18-25-11-9-10-16-28(25)30(23)22-44-33-31(37)20-24(21-32(33)43-2)19-29-34(40)38(26-12-5-3-6-13-26)36(42)39(35(29)41)27-14-7-4-8-15-27/h3-21H,22H2,1-2H3. The minimum Gasteiger partial charge on any atom is -0.493 e. The fourth-order valence-corrected chi connectivity index (χ4v) is 6.03. The molecule has 0 unspecified atom stereocenters. The number of carbonyl (C=O) groups is 3. The second kappa shape index (κ2) is 12.3. The van der Waals surface area contributed by atoms with E-state index in [-0.39, 0.29) is 5.57 Å². The van der Waals surface area contributed by atoms with Gasteiger partial charge in [-0.05, 0) is 93.9 Å². The summed E-state index contributed by atoms with van der Waals surface area (Å²) in [5, 5.41) is 2.26. The van der Waals surface area contributed by atoms with Crippen LogP contribution in [0.15, 0.2) is 115 Å². The van der Waals surface area contributed by atoms with Gasteiger partial charge >= 0.3 is 6.03 Å². The van der Waals surface area contributed by atoms with Crippen molar-refractivity contribution >= 4 is 68.7 Å². The summed E-state index contributed by atoms with van der Waals surface area (Å²) in [4.78, 5) is 43.2. The fraction of sp³-hybridized carbons (Fsp3) is 0.0833. The van der Waals surface area contributed by atoms with Gasteiger partial charge in [-0.2, -0.15) is 0 Å². The van der Waals surface area contributed by atoms with Crippen LogP contribution >= 0.6 is 22.6 Å². The first kappa shape index (κ1) is 29.1. The van der Waals surface area contributed by atoms with Gasteiger partial charge < -0.3 is 9.47 Å². The van der Waals surface area contributed by atoms with E-state index < -0.39 is 17.8 Å². The zero-order chi connectivity index (χ0) is 30.8. The molecule has 0 radical (unpaired) electrons. The Labute approximate surface area is 268 Å². The van der Waals surface area contributed by atoms with Gasteiger partial charge in [0.05, 0.1) is 22.1 Å². The van der Waals surface area contributed by atoms with Gasteiger partial charge in [-0.25, -0.2) is 14.6 Å². The number of rotatable bonds is 7. The molecular weight excluding hydrogens is 667 g/mol. The highest BCUT2D eigenvalue weighted by Crippen LogP contribution is 2.37. The van der Waals surface area contributed by atoms with Gasteiger partial charge in [-0.15, -0.1) is 0 Å². The molecule has 5 aromatic carbocycles. The molecule has 44 heavy (non-hydrogen) atoms. The fourth-order valence-electron chi connectivity index (χ4n) is 5.25. The van der Waals surface area contributed by atoms with Crippen molar-refractivity contribution in [2.24, 2.45) is 0 Å². The minimum atomic E-state index is -0.741. The number of nitrogens with zero attached hydrogens (tertiary/aromatic N) is 2. The number of ether oxygens (including phenoxy) is 2. The first-order valence-electron chi connectivity index (χ1n) is 13.9. The molecule has 1 saturated heterocycles. The maximum absolute atomic E-state index is 13.8. The summed E-state index contributed by atoms with van der Waals surface area (Å²) < 4.78 is 12.8. The summed E-state index contributed by atoms with van der Waals surface area (Å²) in [5.41, 5.74) is 3.32. The Kier molecular flexibility index (Phi) is 8.17. The van der Waals surface area contributed by atoms with E-state index in [9.17, 15) is 14.4 Å². The van der Waals surface area contributed by atoms with Crippen LogP contribution in [0.25, 0.3) is 16.8 Å². The lowest BCUT2D eigenvalue weighted by atomic mass is 10.0. The van der Waals surface area contributed by atoms with Crippen molar-refractivity contribution in [3.05, 3.63) is 135 Å². The lowest BCUT2D eigenvalue weighted by molar-refractivity contribution is -0.121. The van der Waals surface area contributed by atoms with Crippen LogP contribution in [-0.2, 0) is 16.2 Å². The van der Waals surface area contributed by atoms with E-state index >= 15 is 0 Å². The van der Waals surface area contributed by atoms with Gasteiger partial charge in [-0.3, -0.25) is 9.59 Å². The molecule has 4 amide bonds. The average Bonchev–Trinajstić information content (AvgIpc) is 3.04. The van der Waals surface area contributed by atoms with Crippen LogP contribution in [0.1, 0.15) is 16.7 Å². The molecule has 7 nitrogen and oxygen atoms in total. The lowest BCUT2D eigenvalue weighted by Crippen LogP contribution is -2.57. The third kappa shape index (κ3) is 5.44. The number of benzene rings is 5. The number of hydrogen-bond donors (Lipinski definition) is 0. The molecule has 5 aromatic rings. The molecular formula is C36H27IN2O5. The lowest BCUT2D eigenvalue weighted by Gasteiger charge is -2.34. The highest BCUT2D eigenvalue weighted by molar-refractivity contribution is 14.1. The van der Waals surface area contributed by atoms with Crippen LogP contribution in [0.3, 0.4) is 0 Å². The molecule has 6 rings (SSSR count). The van der Waals surface area contributed by atoms with Crippen molar-refractivity contribution < 1.29 is 23.9 Å². The number of fused-ring (bicyclic) bond motifs is 1. The van der Waals surface area contributed by atoms with Gasteiger partial charge in [0, 0.05) is 5.56 Å². The first-order valence-corrected chi connectivity index (χ1v) is 15.0. The predicted octanol–water partition coefficient (Wildman–Crippen LogP) is 7.92. The Morgan fingerprint density at radius 1 is 0.750 bits per heavy atom. The molecule has 1 fully saturated rings. The van der Waals surface area contributed by atoms with Crippen LogP contribution in [0.4, 0.5) is 16.2 Å². The van der Waals surface area contributed by atoms with Crippen molar-refractivity contribution in [3.63, 3.8) is 0 Å². The molecule has 1 heterocycles. The first-order chi connectivity index (χ1) is 21.4. The average molecular weight is 695 g/mol. The topological polar surface area (TPSA) is 76.2 Å². The molecule has 0 N–H and O–H groups in total. The third-order valence-electron chi connectivity index (χ3n) is 7.48. The highest BCUT2D eigenvalue weighted by atomic mass is 127. The number of methoxy groups -OCH3 is 1. The Balaban J connectivity index is 1.38. The number of halogens is 1. The summed E-state index contributed by atoms with van der Waals surface area (Å²) in [6, 6.07) is 32.3. The zero-order valence-corrected chi connectivity index (χ0v) is 26.1. The summed E-state index contributed by atoms with van der Waals surface area (Å²) in [7, 11) is 1.54. The third-order valence-corrected chi connectivity index (χ3v) is 8.28. The van der Waals surface area contributed by atoms with E-state index in [1.165, 1.54) is 6.08 Å². The van der Waals surface area contributed by atoms with Crippen molar-refractivity contribution in [1.82, 2.24) is 0 Å². The van der Waals surface area contributed by atoms with Crippen molar-refractivity contribution in [1.29, 1.82) is 0 Å². The highest BCUT2D eigenvalue weighted by Gasteiger charge is 2.43. The maximum atomic E-state index is 13.8. The summed E-state index contributed by atoms with van der Waals surface area (Å²) in [6.07, 6.45) is 1.49. The summed E-state index contributed by atoms with van der Waals surface area (Å²) >= 11 is 2.16. The maximum Gasteiger partial charge on any atom is 0.343 e. The molecule has 218 valence electrons. The number of urea groups is 1. The zero-order valence-electron chi connectivity index (χ0n) is 24.0. The van der Waals surface area contributed by atoms with E-state index in [2.05, 4.69) is 53.8 Å². The van der Waals surface area contributed by atoms with Crippen molar-refractivity contribution in [2.45, 2.75) is 13.5 Å². The van der Waals surface area contributed by atoms with E-state index in [0.717, 1.165) is 35.3 Å². The molecule has 0 aliphatic carbocycles. The van der Waals surface area contributed by atoms with E-state index in [1.807, 2.05) is 18.2 Å². The molecule has 0 aromatic heterocycles. The van der Waals surface area contributed by atoms with Crippen molar-refractivity contribution in [3.8, 4) is 11.5 Å². The second-order valence-electron chi connectivity index (χ2n) is 10.2. The molecule has 0 atom stereocenters. The molecule has 1 aliphatic rings. The Hall–Kier alpha value is -4.96. The van der Waals surface area contributed by atoms with Crippen LogP contribution in [-0.4, -0.2) is 25.0 Å². The number of aryl methyl sites for hydroxylation is 1. The van der Waals surface area contributed by atoms with Crippen LogP contribution in [0.2, 0.25) is 0 Å².